The highest BCUT2D eigenvalue weighted by Gasteiger charge is 2.23. The minimum Gasteiger partial charge on any atom is -0.465 e. The van der Waals surface area contributed by atoms with Gasteiger partial charge in [-0.05, 0) is 23.8 Å². The SMILES string of the molecule is COC(=O)c1cc([N+](=O)[O-])ccc1NC(c1ccc(Cl)cc1)c1nccn1C. The first-order valence-corrected chi connectivity index (χ1v) is 8.64. The van der Waals surface area contributed by atoms with E-state index in [2.05, 4.69) is 10.3 Å². The molecule has 0 saturated carbocycles. The molecule has 28 heavy (non-hydrogen) atoms. The van der Waals surface area contributed by atoms with Crippen LogP contribution in [0.15, 0.2) is 54.9 Å². The molecule has 8 nitrogen and oxygen atoms in total. The Hall–Kier alpha value is -3.39. The van der Waals surface area contributed by atoms with Crippen molar-refractivity contribution in [2.24, 2.45) is 7.05 Å². The lowest BCUT2D eigenvalue weighted by Crippen LogP contribution is -2.19. The summed E-state index contributed by atoms with van der Waals surface area (Å²) in [5, 5.41) is 14.9. The van der Waals surface area contributed by atoms with Crippen LogP contribution in [0.25, 0.3) is 0 Å². The fourth-order valence-electron chi connectivity index (χ4n) is 2.81. The second-order valence-electron chi connectivity index (χ2n) is 6.00. The second kappa shape index (κ2) is 8.10. The number of hydrogen-bond acceptors (Lipinski definition) is 6. The number of methoxy groups -OCH3 is 1. The van der Waals surface area contributed by atoms with Crippen molar-refractivity contribution in [3.63, 3.8) is 0 Å². The number of rotatable bonds is 6. The average molecular weight is 401 g/mol. The maximum Gasteiger partial charge on any atom is 0.340 e. The van der Waals surface area contributed by atoms with Gasteiger partial charge in [0.2, 0.25) is 0 Å². The van der Waals surface area contributed by atoms with E-state index in [-0.39, 0.29) is 11.3 Å². The van der Waals surface area contributed by atoms with Crippen molar-refractivity contribution in [1.82, 2.24) is 9.55 Å². The molecule has 3 aromatic rings. The van der Waals surface area contributed by atoms with Crippen LogP contribution in [0.1, 0.15) is 27.8 Å². The molecule has 0 radical (unpaired) electrons. The molecule has 0 aliphatic heterocycles. The summed E-state index contributed by atoms with van der Waals surface area (Å²) in [5.41, 5.74) is 1.10. The highest BCUT2D eigenvalue weighted by Crippen LogP contribution is 2.30. The van der Waals surface area contributed by atoms with E-state index < -0.39 is 16.9 Å². The van der Waals surface area contributed by atoms with Gasteiger partial charge in [-0.1, -0.05) is 23.7 Å². The number of aromatic nitrogens is 2. The fourth-order valence-corrected chi connectivity index (χ4v) is 2.94. The van der Waals surface area contributed by atoms with Crippen molar-refractivity contribution in [1.29, 1.82) is 0 Å². The molecule has 1 atom stereocenters. The van der Waals surface area contributed by atoms with Crippen molar-refractivity contribution in [3.05, 3.63) is 86.9 Å². The number of hydrogen-bond donors (Lipinski definition) is 1. The van der Waals surface area contributed by atoms with E-state index in [1.165, 1.54) is 25.3 Å². The summed E-state index contributed by atoms with van der Waals surface area (Å²) in [7, 11) is 3.07. The largest absolute Gasteiger partial charge is 0.465 e. The molecule has 3 rings (SSSR count). The van der Waals surface area contributed by atoms with Gasteiger partial charge >= 0.3 is 5.97 Å². The average Bonchev–Trinajstić information content (AvgIpc) is 3.11. The van der Waals surface area contributed by atoms with E-state index >= 15 is 0 Å². The third kappa shape index (κ3) is 3.96. The maximum atomic E-state index is 12.2. The van der Waals surface area contributed by atoms with Crippen LogP contribution < -0.4 is 5.32 Å². The summed E-state index contributed by atoms with van der Waals surface area (Å²) in [6.45, 7) is 0. The molecule has 0 spiro atoms. The van der Waals surface area contributed by atoms with Gasteiger partial charge < -0.3 is 14.6 Å². The van der Waals surface area contributed by atoms with Gasteiger partial charge in [-0.3, -0.25) is 10.1 Å². The first kappa shape index (κ1) is 19.4. The van der Waals surface area contributed by atoms with E-state index in [0.29, 0.717) is 16.5 Å². The normalized spacial score (nSPS) is 11.7. The molecule has 0 fully saturated rings. The number of halogens is 1. The summed E-state index contributed by atoms with van der Waals surface area (Å²) >= 11 is 6.00. The topological polar surface area (TPSA) is 99.3 Å². The Bertz CT molecular complexity index is 1020. The monoisotopic (exact) mass is 400 g/mol. The fraction of sp³-hybridized carbons (Fsp3) is 0.158. The van der Waals surface area contributed by atoms with Crippen molar-refractivity contribution >= 4 is 28.9 Å². The van der Waals surface area contributed by atoms with Gasteiger partial charge in [0.05, 0.1) is 23.3 Å². The Morgan fingerprint density at radius 3 is 2.57 bits per heavy atom. The van der Waals surface area contributed by atoms with Crippen LogP contribution in [0.4, 0.5) is 11.4 Å². The Morgan fingerprint density at radius 2 is 2.00 bits per heavy atom. The van der Waals surface area contributed by atoms with E-state index in [4.69, 9.17) is 16.3 Å². The number of carbonyl (C=O) groups is 1. The quantitative estimate of drug-likeness (QED) is 0.382. The molecule has 1 aromatic heterocycles. The molecule has 2 aromatic carbocycles. The zero-order chi connectivity index (χ0) is 20.3. The van der Waals surface area contributed by atoms with Gasteiger partial charge in [0.15, 0.2) is 0 Å². The number of imidazole rings is 1. The first-order valence-electron chi connectivity index (χ1n) is 8.26. The number of nitrogens with zero attached hydrogens (tertiary/aromatic N) is 3. The molecular formula is C19H17ClN4O4. The number of benzene rings is 2. The van der Waals surface area contributed by atoms with Gasteiger partial charge in [0, 0.05) is 36.6 Å². The summed E-state index contributed by atoms with van der Waals surface area (Å²) in [6.07, 6.45) is 3.47. The van der Waals surface area contributed by atoms with E-state index in [1.807, 2.05) is 23.7 Å². The first-order chi connectivity index (χ1) is 13.4. The van der Waals surface area contributed by atoms with E-state index in [1.54, 1.807) is 24.5 Å². The Kier molecular flexibility index (Phi) is 5.60. The Labute approximate surface area is 165 Å². The number of nitro benzene ring substituents is 1. The van der Waals surface area contributed by atoms with Crippen LogP contribution in [0.2, 0.25) is 5.02 Å². The van der Waals surface area contributed by atoms with Gasteiger partial charge in [-0.2, -0.15) is 0 Å². The zero-order valence-corrected chi connectivity index (χ0v) is 15.9. The second-order valence-corrected chi connectivity index (χ2v) is 6.44. The van der Waals surface area contributed by atoms with Crippen LogP contribution in [-0.4, -0.2) is 27.6 Å². The molecule has 0 amide bonds. The van der Waals surface area contributed by atoms with Gasteiger partial charge in [-0.25, -0.2) is 9.78 Å². The molecule has 1 heterocycles. The summed E-state index contributed by atoms with van der Waals surface area (Å²) in [5.74, 6) is 0.0115. The lowest BCUT2D eigenvalue weighted by atomic mass is 10.0. The predicted octanol–water partition coefficient (Wildman–Crippen LogP) is 3.97. The molecule has 1 unspecified atom stereocenters. The number of carbonyl (C=O) groups excluding carboxylic acids is 1. The van der Waals surface area contributed by atoms with Crippen molar-refractivity contribution in [3.8, 4) is 0 Å². The number of nitro groups is 1. The predicted molar refractivity (Wildman–Crippen MR) is 105 cm³/mol. The number of ether oxygens (including phenoxy) is 1. The lowest BCUT2D eigenvalue weighted by Gasteiger charge is -2.21. The molecular weight excluding hydrogens is 384 g/mol. The highest BCUT2D eigenvalue weighted by molar-refractivity contribution is 6.30. The van der Waals surface area contributed by atoms with E-state index in [0.717, 1.165) is 5.56 Å². The third-order valence-corrected chi connectivity index (χ3v) is 4.49. The lowest BCUT2D eigenvalue weighted by molar-refractivity contribution is -0.384. The minimum atomic E-state index is -0.680. The van der Waals surface area contributed by atoms with Crippen LogP contribution in [0.5, 0.6) is 0 Å². The van der Waals surface area contributed by atoms with Gasteiger partial charge in [0.25, 0.3) is 5.69 Å². The van der Waals surface area contributed by atoms with Crippen LogP contribution in [0.3, 0.4) is 0 Å². The Morgan fingerprint density at radius 1 is 1.29 bits per heavy atom. The summed E-state index contributed by atoms with van der Waals surface area (Å²) in [4.78, 5) is 27.1. The minimum absolute atomic E-state index is 0.0601. The maximum absolute atomic E-state index is 12.2. The number of anilines is 1. The van der Waals surface area contributed by atoms with Crippen LogP contribution >= 0.6 is 11.6 Å². The smallest absolute Gasteiger partial charge is 0.340 e. The standard InChI is InChI=1S/C19H17ClN4O4/c1-23-10-9-21-18(23)17(12-3-5-13(20)6-4-12)22-16-8-7-14(24(26)27)11-15(16)19(25)28-2/h3-11,17,22H,1-2H3. The molecule has 9 heteroatoms. The Balaban J connectivity index is 2.08. The van der Waals surface area contributed by atoms with Crippen molar-refractivity contribution in [2.75, 3.05) is 12.4 Å². The molecule has 0 saturated heterocycles. The zero-order valence-electron chi connectivity index (χ0n) is 15.1. The third-order valence-electron chi connectivity index (χ3n) is 4.24. The molecule has 0 aliphatic rings. The van der Waals surface area contributed by atoms with Gasteiger partial charge in [-0.15, -0.1) is 0 Å². The summed E-state index contributed by atoms with van der Waals surface area (Å²) in [6, 6.07) is 10.8. The number of aryl methyl sites for hydroxylation is 1. The van der Waals surface area contributed by atoms with Crippen molar-refractivity contribution in [2.45, 2.75) is 6.04 Å². The molecule has 0 aliphatic carbocycles. The molecule has 1 N–H and O–H groups in total. The van der Waals surface area contributed by atoms with E-state index in [9.17, 15) is 14.9 Å². The van der Waals surface area contributed by atoms with Crippen LogP contribution in [-0.2, 0) is 11.8 Å². The van der Waals surface area contributed by atoms with Crippen LogP contribution in [0, 0.1) is 10.1 Å². The van der Waals surface area contributed by atoms with Gasteiger partial charge in [0.1, 0.15) is 11.9 Å². The highest BCUT2D eigenvalue weighted by atomic mass is 35.5. The number of non-ortho nitro benzene ring substituents is 1. The number of esters is 1. The number of nitrogens with one attached hydrogen (secondary N) is 1. The molecule has 0 bridgehead atoms. The summed E-state index contributed by atoms with van der Waals surface area (Å²) < 4.78 is 6.63. The van der Waals surface area contributed by atoms with Crippen molar-refractivity contribution < 1.29 is 14.5 Å². The molecule has 144 valence electrons.